The number of halogens is 1. The molecular formula is C12H15ClN2O2. The summed E-state index contributed by atoms with van der Waals surface area (Å²) >= 11 is 6.29. The average Bonchev–Trinajstić information content (AvgIpc) is 2.75. The van der Waals surface area contributed by atoms with Gasteiger partial charge in [-0.15, -0.1) is 0 Å². The first-order chi connectivity index (χ1) is 8.17. The van der Waals surface area contributed by atoms with Gasteiger partial charge < -0.3 is 14.8 Å². The molecule has 0 aliphatic carbocycles. The summed E-state index contributed by atoms with van der Waals surface area (Å²) in [5, 5.41) is 3.79. The number of ether oxygens (including phenoxy) is 2. The number of hydrogen-bond acceptors (Lipinski definition) is 4. The second-order valence-electron chi connectivity index (χ2n) is 3.90. The van der Waals surface area contributed by atoms with Gasteiger partial charge in [-0.05, 0) is 19.1 Å². The second kappa shape index (κ2) is 4.84. The van der Waals surface area contributed by atoms with E-state index in [0.717, 1.165) is 17.9 Å². The van der Waals surface area contributed by atoms with Crippen molar-refractivity contribution < 1.29 is 9.47 Å². The lowest BCUT2D eigenvalue weighted by molar-refractivity contribution is 0.355. The van der Waals surface area contributed by atoms with Gasteiger partial charge in [0.2, 0.25) is 0 Å². The molecule has 92 valence electrons. The Kier molecular flexibility index (Phi) is 3.43. The van der Waals surface area contributed by atoms with Gasteiger partial charge in [0, 0.05) is 11.6 Å². The minimum atomic E-state index is 0.342. The summed E-state index contributed by atoms with van der Waals surface area (Å²) < 4.78 is 10.4. The molecule has 0 aromatic heterocycles. The summed E-state index contributed by atoms with van der Waals surface area (Å²) in [5.41, 5.74) is 0.841. The summed E-state index contributed by atoms with van der Waals surface area (Å²) in [6, 6.07) is 4.05. The van der Waals surface area contributed by atoms with Crippen LogP contribution in [0.4, 0.5) is 0 Å². The number of hydrogen-bond donors (Lipinski definition) is 1. The van der Waals surface area contributed by atoms with Gasteiger partial charge in [-0.3, -0.25) is 4.99 Å². The Bertz CT molecular complexity index is 460. The van der Waals surface area contributed by atoms with Crippen LogP contribution in [0.2, 0.25) is 5.02 Å². The lowest BCUT2D eigenvalue weighted by Gasteiger charge is -2.13. The fourth-order valence-corrected chi connectivity index (χ4v) is 2.11. The Morgan fingerprint density at radius 1 is 1.35 bits per heavy atom. The third-order valence-electron chi connectivity index (χ3n) is 2.65. The fourth-order valence-electron chi connectivity index (χ4n) is 1.79. The highest BCUT2D eigenvalue weighted by molar-refractivity contribution is 6.36. The molecule has 0 fully saturated rings. The first-order valence-corrected chi connectivity index (χ1v) is 5.77. The maximum Gasteiger partial charge on any atom is 0.180 e. The van der Waals surface area contributed by atoms with Crippen molar-refractivity contribution in [2.75, 3.05) is 20.8 Å². The van der Waals surface area contributed by atoms with E-state index >= 15 is 0 Å². The summed E-state index contributed by atoms with van der Waals surface area (Å²) in [5.74, 6) is 1.96. The van der Waals surface area contributed by atoms with Crippen molar-refractivity contribution in [3.05, 3.63) is 22.7 Å². The van der Waals surface area contributed by atoms with Crippen molar-refractivity contribution in [1.29, 1.82) is 0 Å². The molecule has 2 rings (SSSR count). The fraction of sp³-hybridized carbons (Fsp3) is 0.417. The van der Waals surface area contributed by atoms with E-state index in [4.69, 9.17) is 21.1 Å². The van der Waals surface area contributed by atoms with Gasteiger partial charge in [0.05, 0.1) is 25.8 Å². The Balaban J connectivity index is 2.43. The number of aliphatic imine (C=N–C) groups is 1. The van der Waals surface area contributed by atoms with Crippen LogP contribution in [0.5, 0.6) is 11.5 Å². The van der Waals surface area contributed by atoms with Crippen LogP contribution in [-0.4, -0.2) is 32.6 Å². The van der Waals surface area contributed by atoms with Gasteiger partial charge in [0.15, 0.2) is 11.5 Å². The van der Waals surface area contributed by atoms with Crippen molar-refractivity contribution in [3.63, 3.8) is 0 Å². The molecule has 4 nitrogen and oxygen atoms in total. The molecule has 1 atom stereocenters. The first kappa shape index (κ1) is 12.0. The van der Waals surface area contributed by atoms with Crippen LogP contribution in [-0.2, 0) is 0 Å². The number of rotatable bonds is 3. The van der Waals surface area contributed by atoms with E-state index < -0.39 is 0 Å². The third kappa shape index (κ3) is 2.17. The van der Waals surface area contributed by atoms with E-state index in [0.29, 0.717) is 22.6 Å². The molecule has 1 aromatic carbocycles. The lowest BCUT2D eigenvalue weighted by atomic mass is 10.1. The van der Waals surface area contributed by atoms with Gasteiger partial charge in [0.1, 0.15) is 5.84 Å². The zero-order chi connectivity index (χ0) is 12.4. The largest absolute Gasteiger partial charge is 0.493 e. The van der Waals surface area contributed by atoms with E-state index in [2.05, 4.69) is 17.2 Å². The highest BCUT2D eigenvalue weighted by atomic mass is 35.5. The predicted octanol–water partition coefficient (Wildman–Crippen LogP) is 2.10. The van der Waals surface area contributed by atoms with Gasteiger partial charge in [0.25, 0.3) is 0 Å². The van der Waals surface area contributed by atoms with Gasteiger partial charge in [-0.25, -0.2) is 0 Å². The molecule has 1 aliphatic rings. The molecule has 0 bridgehead atoms. The maximum atomic E-state index is 6.29. The van der Waals surface area contributed by atoms with Crippen molar-refractivity contribution in [1.82, 2.24) is 5.32 Å². The van der Waals surface area contributed by atoms with Crippen LogP contribution >= 0.6 is 11.6 Å². The van der Waals surface area contributed by atoms with Crippen molar-refractivity contribution in [2.45, 2.75) is 13.0 Å². The zero-order valence-electron chi connectivity index (χ0n) is 10.1. The number of methoxy groups -OCH3 is 2. The first-order valence-electron chi connectivity index (χ1n) is 5.39. The molecule has 1 unspecified atom stereocenters. The van der Waals surface area contributed by atoms with Gasteiger partial charge in [-0.1, -0.05) is 11.6 Å². The number of amidine groups is 1. The molecule has 0 saturated carbocycles. The molecule has 0 saturated heterocycles. The summed E-state index contributed by atoms with van der Waals surface area (Å²) in [6.45, 7) is 2.84. The molecule has 1 N–H and O–H groups in total. The molecule has 0 amide bonds. The van der Waals surface area contributed by atoms with Crippen LogP contribution in [0.3, 0.4) is 0 Å². The molecule has 5 heteroatoms. The van der Waals surface area contributed by atoms with Crippen molar-refractivity contribution in [2.24, 2.45) is 4.99 Å². The summed E-state index contributed by atoms with van der Waals surface area (Å²) in [6.07, 6.45) is 0. The standard InChI is InChI=1S/C12H15ClN2O2/c1-7-6-14-12(15-7)8-4-5-9(16-2)11(17-3)10(8)13/h4-5,7H,6H2,1-3H3,(H,14,15). The minimum Gasteiger partial charge on any atom is -0.493 e. The smallest absolute Gasteiger partial charge is 0.180 e. The van der Waals surface area contributed by atoms with Crippen LogP contribution in [0.25, 0.3) is 0 Å². The zero-order valence-corrected chi connectivity index (χ0v) is 10.8. The SMILES string of the molecule is COc1ccc(C2=NCC(C)N2)c(Cl)c1OC. The van der Waals surface area contributed by atoms with E-state index in [-0.39, 0.29) is 0 Å². The quantitative estimate of drug-likeness (QED) is 0.898. The summed E-state index contributed by atoms with van der Waals surface area (Å²) in [7, 11) is 3.15. The third-order valence-corrected chi connectivity index (χ3v) is 3.02. The maximum absolute atomic E-state index is 6.29. The average molecular weight is 255 g/mol. The van der Waals surface area contributed by atoms with Crippen LogP contribution < -0.4 is 14.8 Å². The molecule has 0 radical (unpaired) electrons. The van der Waals surface area contributed by atoms with Gasteiger partial charge in [-0.2, -0.15) is 0 Å². The highest BCUT2D eigenvalue weighted by Gasteiger charge is 2.20. The molecular weight excluding hydrogens is 240 g/mol. The van der Waals surface area contributed by atoms with E-state index in [1.165, 1.54) is 0 Å². The predicted molar refractivity (Wildman–Crippen MR) is 68.6 cm³/mol. The Labute approximate surface area is 106 Å². The molecule has 1 aliphatic heterocycles. The minimum absolute atomic E-state index is 0.342. The number of benzene rings is 1. The summed E-state index contributed by atoms with van der Waals surface area (Å²) in [4.78, 5) is 4.40. The van der Waals surface area contributed by atoms with Crippen LogP contribution in [0.1, 0.15) is 12.5 Å². The van der Waals surface area contributed by atoms with Crippen LogP contribution in [0, 0.1) is 0 Å². The normalized spacial score (nSPS) is 18.6. The molecule has 1 aromatic rings. The van der Waals surface area contributed by atoms with Gasteiger partial charge >= 0.3 is 0 Å². The van der Waals surface area contributed by atoms with Crippen molar-refractivity contribution >= 4 is 17.4 Å². The molecule has 17 heavy (non-hydrogen) atoms. The molecule has 0 spiro atoms. The Morgan fingerprint density at radius 3 is 2.65 bits per heavy atom. The highest BCUT2D eigenvalue weighted by Crippen LogP contribution is 2.37. The van der Waals surface area contributed by atoms with E-state index in [9.17, 15) is 0 Å². The topological polar surface area (TPSA) is 42.8 Å². The van der Waals surface area contributed by atoms with Crippen molar-refractivity contribution in [3.8, 4) is 11.5 Å². The molecule has 1 heterocycles. The monoisotopic (exact) mass is 254 g/mol. The van der Waals surface area contributed by atoms with E-state index in [1.807, 2.05) is 12.1 Å². The van der Waals surface area contributed by atoms with E-state index in [1.54, 1.807) is 14.2 Å². The number of nitrogens with one attached hydrogen (secondary N) is 1. The van der Waals surface area contributed by atoms with Crippen LogP contribution in [0.15, 0.2) is 17.1 Å². The Hall–Kier alpha value is -1.42. The lowest BCUT2D eigenvalue weighted by Crippen LogP contribution is -2.27. The Morgan fingerprint density at radius 2 is 2.12 bits per heavy atom. The number of nitrogens with zero attached hydrogens (tertiary/aromatic N) is 1. The second-order valence-corrected chi connectivity index (χ2v) is 4.28.